The smallest absolute Gasteiger partial charge is 0.234 e. The standard InChI is InChI=1S/C23H22N4O3S/c1-3-29-20-12-8-7-11-19(20)24-21(28)15-31-23-26-25-22(18-13-14-30-16(18)2)27(23)17-9-5-4-6-10-17/h4-14H,3,15H2,1-2H3,(H,24,28). The minimum Gasteiger partial charge on any atom is -0.492 e. The number of anilines is 1. The van der Waals surface area contributed by atoms with E-state index in [2.05, 4.69) is 15.5 Å². The Morgan fingerprint density at radius 3 is 2.61 bits per heavy atom. The molecule has 0 bridgehead atoms. The van der Waals surface area contributed by atoms with Gasteiger partial charge in [-0.1, -0.05) is 42.1 Å². The molecule has 0 spiro atoms. The molecule has 8 heteroatoms. The van der Waals surface area contributed by atoms with Gasteiger partial charge in [0.1, 0.15) is 11.5 Å². The number of benzene rings is 2. The second-order valence-corrected chi connectivity index (χ2v) is 7.58. The van der Waals surface area contributed by atoms with Crippen LogP contribution < -0.4 is 10.1 Å². The lowest BCUT2D eigenvalue weighted by molar-refractivity contribution is -0.113. The summed E-state index contributed by atoms with van der Waals surface area (Å²) in [5.41, 5.74) is 2.42. The van der Waals surface area contributed by atoms with Crippen LogP contribution in [0.3, 0.4) is 0 Å². The van der Waals surface area contributed by atoms with Crippen molar-refractivity contribution in [1.29, 1.82) is 0 Å². The summed E-state index contributed by atoms with van der Waals surface area (Å²) in [6.45, 7) is 4.32. The van der Waals surface area contributed by atoms with Crippen LogP contribution >= 0.6 is 11.8 Å². The maximum atomic E-state index is 12.6. The van der Waals surface area contributed by atoms with E-state index >= 15 is 0 Å². The Hall–Kier alpha value is -3.52. The number of amides is 1. The molecule has 7 nitrogen and oxygen atoms in total. The van der Waals surface area contributed by atoms with E-state index in [9.17, 15) is 4.79 Å². The molecule has 1 amide bonds. The Morgan fingerprint density at radius 2 is 1.87 bits per heavy atom. The summed E-state index contributed by atoms with van der Waals surface area (Å²) in [6, 6.07) is 19.1. The number of aromatic nitrogens is 3. The summed E-state index contributed by atoms with van der Waals surface area (Å²) in [6.07, 6.45) is 1.63. The summed E-state index contributed by atoms with van der Waals surface area (Å²) in [7, 11) is 0. The third-order valence-electron chi connectivity index (χ3n) is 4.54. The summed E-state index contributed by atoms with van der Waals surface area (Å²) in [5, 5.41) is 12.3. The fourth-order valence-electron chi connectivity index (χ4n) is 3.13. The molecule has 4 aromatic rings. The van der Waals surface area contributed by atoms with Crippen LogP contribution in [0.5, 0.6) is 5.75 Å². The Labute approximate surface area is 184 Å². The van der Waals surface area contributed by atoms with Crippen LogP contribution in [0.2, 0.25) is 0 Å². The van der Waals surface area contributed by atoms with E-state index in [4.69, 9.17) is 9.15 Å². The molecule has 0 saturated carbocycles. The Kier molecular flexibility index (Phi) is 6.37. The third kappa shape index (κ3) is 4.64. The lowest BCUT2D eigenvalue weighted by Gasteiger charge is -2.12. The number of para-hydroxylation sites is 3. The van der Waals surface area contributed by atoms with Gasteiger partial charge in [-0.05, 0) is 44.2 Å². The predicted molar refractivity (Wildman–Crippen MR) is 121 cm³/mol. The summed E-state index contributed by atoms with van der Waals surface area (Å²) >= 11 is 1.32. The van der Waals surface area contributed by atoms with Crippen molar-refractivity contribution in [3.8, 4) is 22.8 Å². The lowest BCUT2D eigenvalue weighted by atomic mass is 10.2. The van der Waals surface area contributed by atoms with Crippen LogP contribution in [0, 0.1) is 6.92 Å². The van der Waals surface area contributed by atoms with Gasteiger partial charge in [-0.2, -0.15) is 0 Å². The highest BCUT2D eigenvalue weighted by molar-refractivity contribution is 7.99. The molecule has 0 aliphatic heterocycles. The molecule has 2 heterocycles. The minimum absolute atomic E-state index is 0.152. The molecule has 0 unspecified atom stereocenters. The van der Waals surface area contributed by atoms with Gasteiger partial charge in [0.25, 0.3) is 0 Å². The summed E-state index contributed by atoms with van der Waals surface area (Å²) in [4.78, 5) is 12.6. The minimum atomic E-state index is -0.152. The quantitative estimate of drug-likeness (QED) is 0.395. The van der Waals surface area contributed by atoms with Gasteiger partial charge in [0.05, 0.1) is 29.9 Å². The van der Waals surface area contributed by atoms with Crippen molar-refractivity contribution < 1.29 is 13.9 Å². The number of ether oxygens (including phenoxy) is 1. The number of hydrogen-bond donors (Lipinski definition) is 1. The number of carbonyl (C=O) groups excluding carboxylic acids is 1. The molecule has 4 rings (SSSR count). The van der Waals surface area contributed by atoms with Gasteiger partial charge < -0.3 is 14.5 Å². The Morgan fingerprint density at radius 1 is 1.10 bits per heavy atom. The summed E-state index contributed by atoms with van der Waals surface area (Å²) < 4.78 is 13.0. The molecule has 0 aliphatic rings. The van der Waals surface area contributed by atoms with E-state index in [1.807, 2.05) is 79.1 Å². The number of furan rings is 1. The van der Waals surface area contributed by atoms with E-state index < -0.39 is 0 Å². The molecule has 31 heavy (non-hydrogen) atoms. The van der Waals surface area contributed by atoms with Gasteiger partial charge in [-0.3, -0.25) is 9.36 Å². The van der Waals surface area contributed by atoms with Crippen molar-refractivity contribution in [2.75, 3.05) is 17.7 Å². The maximum Gasteiger partial charge on any atom is 0.234 e. The average molecular weight is 435 g/mol. The first kappa shape index (κ1) is 20.7. The van der Waals surface area contributed by atoms with Gasteiger partial charge >= 0.3 is 0 Å². The van der Waals surface area contributed by atoms with Crippen molar-refractivity contribution in [1.82, 2.24) is 14.8 Å². The molecular formula is C23H22N4O3S. The van der Waals surface area contributed by atoms with Crippen LogP contribution in [0.4, 0.5) is 5.69 Å². The van der Waals surface area contributed by atoms with E-state index in [-0.39, 0.29) is 11.7 Å². The zero-order chi connectivity index (χ0) is 21.6. The molecule has 158 valence electrons. The highest BCUT2D eigenvalue weighted by atomic mass is 32.2. The van der Waals surface area contributed by atoms with Crippen LogP contribution in [0.1, 0.15) is 12.7 Å². The number of hydrogen-bond acceptors (Lipinski definition) is 6. The fraction of sp³-hybridized carbons (Fsp3) is 0.174. The molecule has 0 saturated heterocycles. The van der Waals surface area contributed by atoms with E-state index in [0.717, 1.165) is 17.0 Å². The molecular weight excluding hydrogens is 412 g/mol. The second kappa shape index (κ2) is 9.53. The van der Waals surface area contributed by atoms with E-state index in [1.54, 1.807) is 6.26 Å². The topological polar surface area (TPSA) is 82.2 Å². The highest BCUT2D eigenvalue weighted by Crippen LogP contribution is 2.30. The fourth-order valence-corrected chi connectivity index (χ4v) is 3.88. The molecule has 1 N–H and O–H groups in total. The first-order valence-corrected chi connectivity index (χ1v) is 10.9. The lowest BCUT2D eigenvalue weighted by Crippen LogP contribution is -2.15. The van der Waals surface area contributed by atoms with E-state index in [0.29, 0.717) is 29.0 Å². The van der Waals surface area contributed by atoms with Crippen LogP contribution in [-0.4, -0.2) is 33.0 Å². The molecule has 0 radical (unpaired) electrons. The monoisotopic (exact) mass is 434 g/mol. The number of rotatable bonds is 8. The van der Waals surface area contributed by atoms with Gasteiger partial charge in [0.15, 0.2) is 11.0 Å². The largest absolute Gasteiger partial charge is 0.492 e. The molecule has 2 aromatic heterocycles. The van der Waals surface area contributed by atoms with Gasteiger partial charge in [0.2, 0.25) is 5.91 Å². The normalized spacial score (nSPS) is 10.8. The van der Waals surface area contributed by atoms with Crippen molar-refractivity contribution in [2.24, 2.45) is 0 Å². The zero-order valence-electron chi connectivity index (χ0n) is 17.2. The van der Waals surface area contributed by atoms with Crippen LogP contribution in [0.15, 0.2) is 76.5 Å². The van der Waals surface area contributed by atoms with Gasteiger partial charge in [-0.15, -0.1) is 10.2 Å². The zero-order valence-corrected chi connectivity index (χ0v) is 18.1. The average Bonchev–Trinajstić information content (AvgIpc) is 3.40. The first-order chi connectivity index (χ1) is 15.2. The highest BCUT2D eigenvalue weighted by Gasteiger charge is 2.20. The third-order valence-corrected chi connectivity index (χ3v) is 5.47. The number of thioether (sulfide) groups is 1. The van der Waals surface area contributed by atoms with Crippen molar-refractivity contribution in [3.05, 3.63) is 72.7 Å². The van der Waals surface area contributed by atoms with Crippen LogP contribution in [0.25, 0.3) is 17.1 Å². The molecule has 0 fully saturated rings. The Bertz CT molecular complexity index is 1170. The van der Waals surface area contributed by atoms with Crippen molar-refractivity contribution >= 4 is 23.4 Å². The number of carbonyl (C=O) groups is 1. The number of nitrogens with one attached hydrogen (secondary N) is 1. The molecule has 0 aliphatic carbocycles. The second-order valence-electron chi connectivity index (χ2n) is 6.63. The van der Waals surface area contributed by atoms with Crippen molar-refractivity contribution in [3.63, 3.8) is 0 Å². The Balaban J connectivity index is 1.56. The number of nitrogens with zero attached hydrogens (tertiary/aromatic N) is 3. The SMILES string of the molecule is CCOc1ccccc1NC(=O)CSc1nnc(-c2ccoc2C)n1-c1ccccc1. The van der Waals surface area contributed by atoms with E-state index in [1.165, 1.54) is 11.8 Å². The molecule has 2 aromatic carbocycles. The van der Waals surface area contributed by atoms with Crippen molar-refractivity contribution in [2.45, 2.75) is 19.0 Å². The predicted octanol–water partition coefficient (Wildman–Crippen LogP) is 4.97. The van der Waals surface area contributed by atoms with Gasteiger partial charge in [-0.25, -0.2) is 0 Å². The summed E-state index contributed by atoms with van der Waals surface area (Å²) in [5.74, 6) is 2.10. The number of aryl methyl sites for hydroxylation is 1. The maximum absolute atomic E-state index is 12.6. The van der Waals surface area contributed by atoms with Crippen LogP contribution in [-0.2, 0) is 4.79 Å². The first-order valence-electron chi connectivity index (χ1n) is 9.87. The van der Waals surface area contributed by atoms with Gasteiger partial charge in [0, 0.05) is 5.69 Å². The molecule has 0 atom stereocenters.